The van der Waals surface area contributed by atoms with Crippen LogP contribution in [0.5, 0.6) is 5.75 Å². The van der Waals surface area contributed by atoms with E-state index in [9.17, 15) is 4.79 Å². The molecule has 0 unspecified atom stereocenters. The van der Waals surface area contributed by atoms with Crippen molar-refractivity contribution in [3.05, 3.63) is 28.2 Å². The standard InChI is InChI=1S/C13H18BrNO2/c1-4-15-13(16)10-5-6-12(11(14)7-10)17-8-9(2)3/h5-7,9H,4,8H2,1-3H3,(H,15,16). The van der Waals surface area contributed by atoms with E-state index in [0.29, 0.717) is 24.6 Å². The van der Waals surface area contributed by atoms with Crippen molar-refractivity contribution in [1.82, 2.24) is 5.32 Å². The Morgan fingerprint density at radius 3 is 2.71 bits per heavy atom. The lowest BCUT2D eigenvalue weighted by molar-refractivity contribution is 0.0955. The fraction of sp³-hybridized carbons (Fsp3) is 0.462. The van der Waals surface area contributed by atoms with E-state index in [4.69, 9.17) is 4.74 Å². The first kappa shape index (κ1) is 14.0. The fourth-order valence-corrected chi connectivity index (χ4v) is 1.77. The zero-order valence-electron chi connectivity index (χ0n) is 10.4. The average molecular weight is 300 g/mol. The van der Waals surface area contributed by atoms with Crippen LogP contribution in [0.2, 0.25) is 0 Å². The van der Waals surface area contributed by atoms with E-state index < -0.39 is 0 Å². The normalized spacial score (nSPS) is 10.4. The number of rotatable bonds is 5. The predicted molar refractivity (Wildman–Crippen MR) is 72.5 cm³/mol. The molecule has 0 aliphatic rings. The van der Waals surface area contributed by atoms with E-state index in [1.807, 2.05) is 13.0 Å². The number of hydrogen-bond donors (Lipinski definition) is 1. The third kappa shape index (κ3) is 4.38. The van der Waals surface area contributed by atoms with Gasteiger partial charge < -0.3 is 10.1 Å². The molecule has 0 bridgehead atoms. The summed E-state index contributed by atoms with van der Waals surface area (Å²) in [6.45, 7) is 7.38. The van der Waals surface area contributed by atoms with Gasteiger partial charge in [-0.05, 0) is 47.0 Å². The Morgan fingerprint density at radius 1 is 1.47 bits per heavy atom. The molecular weight excluding hydrogens is 282 g/mol. The summed E-state index contributed by atoms with van der Waals surface area (Å²) in [5, 5.41) is 2.76. The molecule has 1 amide bonds. The number of halogens is 1. The first-order valence-corrected chi connectivity index (χ1v) is 6.54. The molecule has 0 aromatic heterocycles. The molecular formula is C13H18BrNO2. The molecule has 0 aliphatic heterocycles. The van der Waals surface area contributed by atoms with Gasteiger partial charge in [0.2, 0.25) is 0 Å². The summed E-state index contributed by atoms with van der Waals surface area (Å²) in [6, 6.07) is 5.36. The highest BCUT2D eigenvalue weighted by Crippen LogP contribution is 2.26. The van der Waals surface area contributed by atoms with Crippen LogP contribution in [-0.2, 0) is 0 Å². The molecule has 0 saturated carbocycles. The maximum absolute atomic E-state index is 11.6. The minimum atomic E-state index is -0.0661. The second-order valence-electron chi connectivity index (χ2n) is 4.21. The van der Waals surface area contributed by atoms with Crippen LogP contribution in [0.1, 0.15) is 31.1 Å². The molecule has 1 N–H and O–H groups in total. The summed E-state index contributed by atoms with van der Waals surface area (Å²) in [7, 11) is 0. The summed E-state index contributed by atoms with van der Waals surface area (Å²) in [4.78, 5) is 11.6. The van der Waals surface area contributed by atoms with E-state index in [-0.39, 0.29) is 5.91 Å². The van der Waals surface area contributed by atoms with Gasteiger partial charge in [-0.3, -0.25) is 4.79 Å². The molecule has 1 rings (SSSR count). The van der Waals surface area contributed by atoms with Gasteiger partial charge in [-0.25, -0.2) is 0 Å². The van der Waals surface area contributed by atoms with Crippen LogP contribution in [0.15, 0.2) is 22.7 Å². The van der Waals surface area contributed by atoms with Gasteiger partial charge in [-0.15, -0.1) is 0 Å². The second-order valence-corrected chi connectivity index (χ2v) is 5.06. The fourth-order valence-electron chi connectivity index (χ4n) is 1.28. The molecule has 1 aromatic rings. The van der Waals surface area contributed by atoms with Crippen LogP contribution < -0.4 is 10.1 Å². The minimum absolute atomic E-state index is 0.0661. The topological polar surface area (TPSA) is 38.3 Å². The van der Waals surface area contributed by atoms with Gasteiger partial charge >= 0.3 is 0 Å². The summed E-state index contributed by atoms with van der Waals surface area (Å²) in [5.74, 6) is 1.18. The highest BCUT2D eigenvalue weighted by Gasteiger charge is 2.08. The molecule has 0 atom stereocenters. The van der Waals surface area contributed by atoms with Crippen LogP contribution in [0, 0.1) is 5.92 Å². The maximum atomic E-state index is 11.6. The maximum Gasteiger partial charge on any atom is 0.251 e. The number of nitrogens with one attached hydrogen (secondary N) is 1. The Balaban J connectivity index is 2.75. The third-order valence-electron chi connectivity index (χ3n) is 2.10. The van der Waals surface area contributed by atoms with Gasteiger partial charge in [-0.1, -0.05) is 13.8 Å². The zero-order chi connectivity index (χ0) is 12.8. The Labute approximate surface area is 111 Å². The molecule has 0 radical (unpaired) electrons. The van der Waals surface area contributed by atoms with Crippen molar-refractivity contribution < 1.29 is 9.53 Å². The lowest BCUT2D eigenvalue weighted by Crippen LogP contribution is -2.22. The van der Waals surface area contributed by atoms with Crippen LogP contribution in [0.25, 0.3) is 0 Å². The molecule has 0 spiro atoms. The predicted octanol–water partition coefficient (Wildman–Crippen LogP) is 3.23. The molecule has 1 aromatic carbocycles. The summed E-state index contributed by atoms with van der Waals surface area (Å²) >= 11 is 3.41. The largest absolute Gasteiger partial charge is 0.492 e. The second kappa shape index (κ2) is 6.64. The van der Waals surface area contributed by atoms with Crippen molar-refractivity contribution in [2.24, 2.45) is 5.92 Å². The molecule has 3 nitrogen and oxygen atoms in total. The lowest BCUT2D eigenvalue weighted by Gasteiger charge is -2.11. The molecule has 0 fully saturated rings. The van der Waals surface area contributed by atoms with E-state index in [2.05, 4.69) is 35.1 Å². The molecule has 0 saturated heterocycles. The quantitative estimate of drug-likeness (QED) is 0.906. The molecule has 0 heterocycles. The highest BCUT2D eigenvalue weighted by molar-refractivity contribution is 9.10. The summed E-state index contributed by atoms with van der Waals surface area (Å²) in [6.07, 6.45) is 0. The summed E-state index contributed by atoms with van der Waals surface area (Å²) < 4.78 is 6.42. The van der Waals surface area contributed by atoms with Crippen molar-refractivity contribution in [3.63, 3.8) is 0 Å². The molecule has 94 valence electrons. The first-order chi connectivity index (χ1) is 8.04. The number of benzene rings is 1. The van der Waals surface area contributed by atoms with Crippen molar-refractivity contribution >= 4 is 21.8 Å². The minimum Gasteiger partial charge on any atom is -0.492 e. The number of ether oxygens (including phenoxy) is 1. The lowest BCUT2D eigenvalue weighted by atomic mass is 10.2. The van der Waals surface area contributed by atoms with Crippen molar-refractivity contribution in [2.75, 3.05) is 13.2 Å². The van der Waals surface area contributed by atoms with Crippen LogP contribution in [0.3, 0.4) is 0 Å². The Bertz CT molecular complexity index is 391. The van der Waals surface area contributed by atoms with Gasteiger partial charge in [0, 0.05) is 12.1 Å². The zero-order valence-corrected chi connectivity index (χ0v) is 12.0. The van der Waals surface area contributed by atoms with Gasteiger partial charge in [-0.2, -0.15) is 0 Å². The molecule has 17 heavy (non-hydrogen) atoms. The van der Waals surface area contributed by atoms with E-state index in [1.165, 1.54) is 0 Å². The van der Waals surface area contributed by atoms with E-state index in [1.54, 1.807) is 12.1 Å². The summed E-state index contributed by atoms with van der Waals surface area (Å²) in [5.41, 5.74) is 0.635. The van der Waals surface area contributed by atoms with Gasteiger partial charge in [0.25, 0.3) is 5.91 Å². The van der Waals surface area contributed by atoms with Gasteiger partial charge in [0.05, 0.1) is 11.1 Å². The Morgan fingerprint density at radius 2 is 2.18 bits per heavy atom. The number of amides is 1. The highest BCUT2D eigenvalue weighted by atomic mass is 79.9. The Hall–Kier alpha value is -1.03. The van der Waals surface area contributed by atoms with Crippen molar-refractivity contribution in [2.45, 2.75) is 20.8 Å². The SMILES string of the molecule is CCNC(=O)c1ccc(OCC(C)C)c(Br)c1. The number of carbonyl (C=O) groups excluding carboxylic acids is 1. The van der Waals surface area contributed by atoms with Gasteiger partial charge in [0.1, 0.15) is 5.75 Å². The Kier molecular flexibility index (Phi) is 5.48. The number of hydrogen-bond acceptors (Lipinski definition) is 2. The smallest absolute Gasteiger partial charge is 0.251 e. The van der Waals surface area contributed by atoms with Crippen LogP contribution in [0.4, 0.5) is 0 Å². The van der Waals surface area contributed by atoms with E-state index >= 15 is 0 Å². The molecule has 4 heteroatoms. The van der Waals surface area contributed by atoms with E-state index in [0.717, 1.165) is 10.2 Å². The third-order valence-corrected chi connectivity index (χ3v) is 2.72. The average Bonchev–Trinajstić information content (AvgIpc) is 2.27. The number of carbonyl (C=O) groups is 1. The van der Waals surface area contributed by atoms with Crippen LogP contribution >= 0.6 is 15.9 Å². The van der Waals surface area contributed by atoms with Crippen molar-refractivity contribution in [3.8, 4) is 5.75 Å². The first-order valence-electron chi connectivity index (χ1n) is 5.75. The van der Waals surface area contributed by atoms with Gasteiger partial charge in [0.15, 0.2) is 0 Å². The van der Waals surface area contributed by atoms with Crippen molar-refractivity contribution in [1.29, 1.82) is 0 Å². The molecule has 0 aliphatic carbocycles. The van der Waals surface area contributed by atoms with Crippen LogP contribution in [-0.4, -0.2) is 19.1 Å². The monoisotopic (exact) mass is 299 g/mol.